The van der Waals surface area contributed by atoms with Crippen molar-refractivity contribution in [3.05, 3.63) is 23.2 Å². The molecule has 0 spiro atoms. The van der Waals surface area contributed by atoms with Gasteiger partial charge in [-0.15, -0.1) is 0 Å². The van der Waals surface area contributed by atoms with Crippen LogP contribution in [-0.4, -0.2) is 17.3 Å². The molecule has 1 unspecified atom stereocenters. The van der Waals surface area contributed by atoms with Gasteiger partial charge in [-0.1, -0.05) is 24.6 Å². The lowest BCUT2D eigenvalue weighted by molar-refractivity contribution is 0.219. The molecule has 1 aromatic rings. The molecule has 0 aliphatic heterocycles. The highest BCUT2D eigenvalue weighted by atomic mass is 35.5. The zero-order valence-corrected chi connectivity index (χ0v) is 9.80. The van der Waals surface area contributed by atoms with Gasteiger partial charge in [0, 0.05) is 0 Å². The summed E-state index contributed by atoms with van der Waals surface area (Å²) in [5.41, 5.74) is 6.75. The third kappa shape index (κ3) is 2.76. The van der Waals surface area contributed by atoms with Crippen molar-refractivity contribution in [1.82, 2.24) is 0 Å². The fourth-order valence-corrected chi connectivity index (χ4v) is 1.39. The van der Waals surface area contributed by atoms with Crippen LogP contribution in [0.3, 0.4) is 0 Å². The molecule has 84 valence electrons. The van der Waals surface area contributed by atoms with E-state index < -0.39 is 0 Å². The Balaban J connectivity index is 2.94. The van der Waals surface area contributed by atoms with Crippen molar-refractivity contribution in [2.45, 2.75) is 25.8 Å². The fraction of sp³-hybridized carbons (Fsp3) is 0.455. The molecule has 0 aromatic heterocycles. The largest absolute Gasteiger partial charge is 0.396 e. The summed E-state index contributed by atoms with van der Waals surface area (Å²) in [6, 6.07) is 5.42. The van der Waals surface area contributed by atoms with Crippen LogP contribution in [0.1, 0.15) is 20.3 Å². The van der Waals surface area contributed by atoms with E-state index in [2.05, 4.69) is 5.32 Å². The van der Waals surface area contributed by atoms with Crippen molar-refractivity contribution in [3.63, 3.8) is 0 Å². The van der Waals surface area contributed by atoms with Crippen LogP contribution >= 0.6 is 11.6 Å². The Hall–Kier alpha value is -0.930. The molecule has 1 rings (SSSR count). The third-order valence-corrected chi connectivity index (χ3v) is 2.95. The van der Waals surface area contributed by atoms with Crippen molar-refractivity contribution < 1.29 is 5.11 Å². The first kappa shape index (κ1) is 12.1. The van der Waals surface area contributed by atoms with Gasteiger partial charge in [-0.25, -0.2) is 0 Å². The summed E-state index contributed by atoms with van der Waals surface area (Å²) < 4.78 is 0. The molecule has 0 saturated carbocycles. The number of aliphatic hydroxyl groups excluding tert-OH is 1. The van der Waals surface area contributed by atoms with Gasteiger partial charge in [0.1, 0.15) is 0 Å². The quantitative estimate of drug-likeness (QED) is 0.694. The van der Waals surface area contributed by atoms with E-state index in [1.165, 1.54) is 0 Å². The summed E-state index contributed by atoms with van der Waals surface area (Å²) in [6.45, 7) is 3.99. The highest BCUT2D eigenvalue weighted by Gasteiger charge is 2.21. The van der Waals surface area contributed by atoms with Crippen molar-refractivity contribution in [2.75, 3.05) is 17.7 Å². The average molecular weight is 229 g/mol. The van der Waals surface area contributed by atoms with E-state index in [1.807, 2.05) is 26.0 Å². The van der Waals surface area contributed by atoms with Gasteiger partial charge in [0.15, 0.2) is 0 Å². The Bertz CT molecular complexity index is 337. The van der Waals surface area contributed by atoms with Crippen molar-refractivity contribution in [3.8, 4) is 0 Å². The molecule has 1 atom stereocenters. The lowest BCUT2D eigenvalue weighted by atomic mass is 9.99. The number of hydrogen-bond acceptors (Lipinski definition) is 3. The minimum atomic E-state index is -0.362. The van der Waals surface area contributed by atoms with Crippen LogP contribution in [0.15, 0.2) is 18.2 Å². The van der Waals surface area contributed by atoms with Gasteiger partial charge in [0.2, 0.25) is 0 Å². The number of hydrogen-bond donors (Lipinski definition) is 3. The summed E-state index contributed by atoms with van der Waals surface area (Å²) in [4.78, 5) is 0. The molecule has 0 aliphatic carbocycles. The first-order valence-electron chi connectivity index (χ1n) is 4.95. The highest BCUT2D eigenvalue weighted by molar-refractivity contribution is 6.33. The summed E-state index contributed by atoms with van der Waals surface area (Å²) >= 11 is 5.90. The third-order valence-electron chi connectivity index (χ3n) is 2.62. The van der Waals surface area contributed by atoms with Crippen LogP contribution in [-0.2, 0) is 0 Å². The second kappa shape index (κ2) is 4.73. The number of nitrogens with two attached hydrogens (primary N) is 1. The van der Waals surface area contributed by atoms with Crippen molar-refractivity contribution >= 4 is 23.0 Å². The Morgan fingerprint density at radius 1 is 1.53 bits per heavy atom. The second-order valence-corrected chi connectivity index (χ2v) is 4.31. The maximum absolute atomic E-state index is 9.27. The molecule has 0 bridgehead atoms. The molecular formula is C11H17ClN2O. The van der Waals surface area contributed by atoms with Gasteiger partial charge in [0.25, 0.3) is 0 Å². The first-order chi connectivity index (χ1) is 7.02. The second-order valence-electron chi connectivity index (χ2n) is 3.90. The van der Waals surface area contributed by atoms with E-state index in [1.54, 1.807) is 6.07 Å². The number of halogens is 1. The molecule has 0 saturated heterocycles. The van der Waals surface area contributed by atoms with Crippen molar-refractivity contribution in [2.24, 2.45) is 0 Å². The average Bonchev–Trinajstić information content (AvgIpc) is 2.25. The molecule has 0 heterocycles. The van der Waals surface area contributed by atoms with Crippen LogP contribution < -0.4 is 11.1 Å². The summed E-state index contributed by atoms with van der Waals surface area (Å²) in [7, 11) is 0. The van der Waals surface area contributed by atoms with Gasteiger partial charge in [-0.2, -0.15) is 0 Å². The van der Waals surface area contributed by atoms with Gasteiger partial charge in [0.05, 0.1) is 28.5 Å². The van der Waals surface area contributed by atoms with Crippen molar-refractivity contribution in [1.29, 1.82) is 0 Å². The van der Waals surface area contributed by atoms with Crippen LogP contribution in [0.5, 0.6) is 0 Å². The number of aliphatic hydroxyl groups is 1. The van der Waals surface area contributed by atoms with E-state index in [0.717, 1.165) is 12.1 Å². The Kier molecular flexibility index (Phi) is 3.83. The Morgan fingerprint density at radius 2 is 2.20 bits per heavy atom. The van der Waals surface area contributed by atoms with Crippen LogP contribution in [0.25, 0.3) is 0 Å². The minimum Gasteiger partial charge on any atom is -0.396 e. The van der Waals surface area contributed by atoms with Crippen LogP contribution in [0, 0.1) is 0 Å². The fourth-order valence-electron chi connectivity index (χ4n) is 1.21. The lowest BCUT2D eigenvalue weighted by Crippen LogP contribution is -2.38. The van der Waals surface area contributed by atoms with E-state index in [9.17, 15) is 5.11 Å². The van der Waals surface area contributed by atoms with Crippen LogP contribution in [0.2, 0.25) is 5.02 Å². The van der Waals surface area contributed by atoms with Gasteiger partial charge >= 0.3 is 0 Å². The molecule has 0 amide bonds. The van der Waals surface area contributed by atoms with Gasteiger partial charge in [-0.3, -0.25) is 0 Å². The van der Waals surface area contributed by atoms with E-state index in [-0.39, 0.29) is 12.1 Å². The molecule has 3 nitrogen and oxygen atoms in total. The lowest BCUT2D eigenvalue weighted by Gasteiger charge is -2.29. The summed E-state index contributed by atoms with van der Waals surface area (Å²) in [5.74, 6) is 0. The number of nitrogens with one attached hydrogen (secondary N) is 1. The first-order valence-corrected chi connectivity index (χ1v) is 5.33. The maximum Gasteiger partial charge on any atom is 0.0739 e. The van der Waals surface area contributed by atoms with E-state index >= 15 is 0 Å². The predicted molar refractivity (Wildman–Crippen MR) is 65.3 cm³/mol. The molecule has 4 heteroatoms. The van der Waals surface area contributed by atoms with Gasteiger partial charge in [-0.05, 0) is 25.5 Å². The SMILES string of the molecule is CCC(C)(CO)Nc1cccc(Cl)c1N. The highest BCUT2D eigenvalue weighted by Crippen LogP contribution is 2.29. The molecular weight excluding hydrogens is 212 g/mol. The molecule has 4 N–H and O–H groups in total. The number of para-hydroxylation sites is 1. The molecule has 15 heavy (non-hydrogen) atoms. The van der Waals surface area contributed by atoms with E-state index in [4.69, 9.17) is 17.3 Å². The molecule has 1 aromatic carbocycles. The standard InChI is InChI=1S/C11H17ClN2O/c1-3-11(2,7-15)14-9-6-4-5-8(12)10(9)13/h4-6,14-15H,3,7,13H2,1-2H3. The minimum absolute atomic E-state index is 0.0510. The Morgan fingerprint density at radius 3 is 2.73 bits per heavy atom. The number of anilines is 2. The molecule has 0 radical (unpaired) electrons. The van der Waals surface area contributed by atoms with Gasteiger partial charge < -0.3 is 16.2 Å². The number of benzene rings is 1. The zero-order valence-electron chi connectivity index (χ0n) is 9.05. The normalized spacial score (nSPS) is 14.7. The van der Waals surface area contributed by atoms with E-state index in [0.29, 0.717) is 10.7 Å². The monoisotopic (exact) mass is 228 g/mol. The summed E-state index contributed by atoms with van der Waals surface area (Å²) in [6.07, 6.45) is 0.801. The number of nitrogen functional groups attached to an aromatic ring is 1. The number of rotatable bonds is 4. The van der Waals surface area contributed by atoms with Crippen LogP contribution in [0.4, 0.5) is 11.4 Å². The Labute approximate surface area is 95.2 Å². The molecule has 0 aliphatic rings. The smallest absolute Gasteiger partial charge is 0.0739 e. The molecule has 0 fully saturated rings. The zero-order chi connectivity index (χ0) is 11.5. The topological polar surface area (TPSA) is 58.3 Å². The maximum atomic E-state index is 9.27. The summed E-state index contributed by atoms with van der Waals surface area (Å²) in [5, 5.41) is 13.0. The predicted octanol–water partition coefficient (Wildman–Crippen LogP) is 2.50.